The summed E-state index contributed by atoms with van der Waals surface area (Å²) in [6, 6.07) is 15.8. The van der Waals surface area contributed by atoms with E-state index in [1.54, 1.807) is 36.4 Å². The molecule has 0 spiro atoms. The highest BCUT2D eigenvalue weighted by Crippen LogP contribution is 2.28. The van der Waals surface area contributed by atoms with Gasteiger partial charge in [0, 0.05) is 11.1 Å². The number of amides is 2. The summed E-state index contributed by atoms with van der Waals surface area (Å²) in [6.45, 7) is 7.07. The Bertz CT molecular complexity index is 1720. The van der Waals surface area contributed by atoms with Gasteiger partial charge in [0.15, 0.2) is 0 Å². The van der Waals surface area contributed by atoms with Crippen molar-refractivity contribution in [1.82, 2.24) is 10.9 Å². The molecule has 2 amide bonds. The van der Waals surface area contributed by atoms with Gasteiger partial charge in [-0.1, -0.05) is 48.5 Å². The number of nitrogens with one attached hydrogen (secondary N) is 2. The van der Waals surface area contributed by atoms with E-state index in [0.29, 0.717) is 22.6 Å². The zero-order valence-corrected chi connectivity index (χ0v) is 25.3. The summed E-state index contributed by atoms with van der Waals surface area (Å²) in [5, 5.41) is 7.83. The van der Waals surface area contributed by atoms with Crippen molar-refractivity contribution in [2.45, 2.75) is 0 Å². The average Bonchev–Trinajstić information content (AvgIpc) is 3.73. The minimum Gasteiger partial charge on any atom is -0.458 e. The summed E-state index contributed by atoms with van der Waals surface area (Å²) < 4.78 is 21.4. The standard InChI is InChI=1S/C32H24Cl2N4O8/c1-3-13-43-31(41)23-15-19(5-9-25(23)33)27-11-7-21(45-27)17-35-37-29(39)30(40)38-36-18-22-8-12-28(46-22)20-6-10-26(34)24(16-20)32(42)44-14-4-2/h3-12,15-18H,1-2,13-14H2,(H,37,39)(H,38,40)/b35-17+,36-18?. The third-order valence-corrected chi connectivity index (χ3v) is 6.44. The van der Waals surface area contributed by atoms with Gasteiger partial charge in [-0.15, -0.1) is 0 Å². The van der Waals surface area contributed by atoms with E-state index >= 15 is 0 Å². The Hall–Kier alpha value is -5.72. The Morgan fingerprint density at radius 3 is 1.48 bits per heavy atom. The van der Waals surface area contributed by atoms with Crippen molar-refractivity contribution in [1.29, 1.82) is 0 Å². The first-order valence-electron chi connectivity index (χ1n) is 13.2. The minimum atomic E-state index is -1.10. The van der Waals surface area contributed by atoms with Gasteiger partial charge in [0.2, 0.25) is 0 Å². The number of ether oxygens (including phenoxy) is 2. The number of halogens is 2. The zero-order valence-electron chi connectivity index (χ0n) is 23.8. The van der Waals surface area contributed by atoms with Crippen LogP contribution in [0.4, 0.5) is 0 Å². The predicted octanol–water partition coefficient (Wildman–Crippen LogP) is 5.80. The summed E-state index contributed by atoms with van der Waals surface area (Å²) in [6.07, 6.45) is 5.24. The van der Waals surface area contributed by atoms with E-state index in [4.69, 9.17) is 41.5 Å². The first kappa shape index (κ1) is 33.2. The van der Waals surface area contributed by atoms with E-state index in [1.165, 1.54) is 48.8 Å². The van der Waals surface area contributed by atoms with E-state index in [0.717, 1.165) is 0 Å². The van der Waals surface area contributed by atoms with Crippen LogP contribution in [-0.2, 0) is 19.1 Å². The number of furan rings is 2. The normalized spacial score (nSPS) is 10.9. The molecule has 2 aromatic heterocycles. The van der Waals surface area contributed by atoms with Gasteiger partial charge in [-0.25, -0.2) is 20.4 Å². The van der Waals surface area contributed by atoms with Gasteiger partial charge in [-0.05, 0) is 60.7 Å². The molecule has 4 aromatic rings. The smallest absolute Gasteiger partial charge is 0.339 e. The number of carbonyl (C=O) groups excluding carboxylic acids is 4. The summed E-state index contributed by atoms with van der Waals surface area (Å²) in [7, 11) is 0. The second-order valence-electron chi connectivity index (χ2n) is 8.97. The fourth-order valence-electron chi connectivity index (χ4n) is 3.66. The number of rotatable bonds is 12. The molecule has 0 saturated heterocycles. The lowest BCUT2D eigenvalue weighted by atomic mass is 10.1. The first-order chi connectivity index (χ1) is 22.2. The number of esters is 2. The lowest BCUT2D eigenvalue weighted by Gasteiger charge is -2.06. The molecule has 2 heterocycles. The van der Waals surface area contributed by atoms with E-state index in [9.17, 15) is 19.2 Å². The number of hydrogen-bond acceptors (Lipinski definition) is 10. The maximum Gasteiger partial charge on any atom is 0.339 e. The van der Waals surface area contributed by atoms with Gasteiger partial charge in [-0.2, -0.15) is 10.2 Å². The van der Waals surface area contributed by atoms with E-state index in [-0.39, 0.29) is 45.9 Å². The van der Waals surface area contributed by atoms with Gasteiger partial charge >= 0.3 is 23.8 Å². The van der Waals surface area contributed by atoms with E-state index in [2.05, 4.69) is 34.2 Å². The van der Waals surface area contributed by atoms with Crippen molar-refractivity contribution in [3.8, 4) is 22.6 Å². The van der Waals surface area contributed by atoms with Crippen LogP contribution in [-0.4, -0.2) is 49.4 Å². The fourth-order valence-corrected chi connectivity index (χ4v) is 4.05. The van der Waals surface area contributed by atoms with Crippen molar-refractivity contribution in [3.63, 3.8) is 0 Å². The largest absolute Gasteiger partial charge is 0.458 e. The van der Waals surface area contributed by atoms with Gasteiger partial charge in [0.05, 0.1) is 33.6 Å². The van der Waals surface area contributed by atoms with Gasteiger partial charge in [-0.3, -0.25) is 9.59 Å². The number of hydrazone groups is 2. The Morgan fingerprint density at radius 2 is 1.09 bits per heavy atom. The van der Waals surface area contributed by atoms with Crippen LogP contribution in [0.3, 0.4) is 0 Å². The Balaban J connectivity index is 1.30. The second-order valence-corrected chi connectivity index (χ2v) is 9.78. The lowest BCUT2D eigenvalue weighted by Crippen LogP contribution is -2.35. The second kappa shape index (κ2) is 15.8. The molecule has 234 valence electrons. The molecule has 0 fully saturated rings. The van der Waals surface area contributed by atoms with Crippen LogP contribution < -0.4 is 10.9 Å². The van der Waals surface area contributed by atoms with Crippen LogP contribution in [0.1, 0.15) is 32.2 Å². The lowest BCUT2D eigenvalue weighted by molar-refractivity contribution is -0.139. The molecule has 0 aliphatic rings. The third kappa shape index (κ3) is 8.68. The van der Waals surface area contributed by atoms with Gasteiger partial charge in [0.25, 0.3) is 0 Å². The van der Waals surface area contributed by atoms with Gasteiger partial charge < -0.3 is 18.3 Å². The highest BCUT2D eigenvalue weighted by molar-refractivity contribution is 6.35. The highest BCUT2D eigenvalue weighted by Gasteiger charge is 2.16. The van der Waals surface area contributed by atoms with Gasteiger partial charge in [0.1, 0.15) is 36.3 Å². The highest BCUT2D eigenvalue weighted by atomic mass is 35.5. The quantitative estimate of drug-likeness (QED) is 0.0632. The maximum absolute atomic E-state index is 12.2. The molecular formula is C32H24Cl2N4O8. The fraction of sp³-hybridized carbons (Fsp3) is 0.0625. The SMILES string of the molecule is C=CCOC(=O)c1cc(-c2ccc(C=NNC(=O)C(=O)N/N=C/c3ccc(-c4ccc(Cl)c(C(=O)OCC=C)c4)o3)o2)ccc1Cl. The van der Waals surface area contributed by atoms with Crippen LogP contribution >= 0.6 is 23.2 Å². The Morgan fingerprint density at radius 1 is 0.674 bits per heavy atom. The van der Waals surface area contributed by atoms with Crippen molar-refractivity contribution in [2.75, 3.05) is 13.2 Å². The molecule has 46 heavy (non-hydrogen) atoms. The minimum absolute atomic E-state index is 0.0342. The first-order valence-corrected chi connectivity index (χ1v) is 14.0. The van der Waals surface area contributed by atoms with Crippen LogP contribution in [0.15, 0.2) is 105 Å². The molecule has 2 aromatic carbocycles. The summed E-state index contributed by atoms with van der Waals surface area (Å²) >= 11 is 12.2. The molecule has 12 nitrogen and oxygen atoms in total. The molecule has 4 rings (SSSR count). The summed E-state index contributed by atoms with van der Waals surface area (Å²) in [4.78, 5) is 48.6. The molecule has 0 atom stereocenters. The molecule has 0 bridgehead atoms. The molecule has 2 N–H and O–H groups in total. The maximum atomic E-state index is 12.2. The van der Waals surface area contributed by atoms with E-state index < -0.39 is 23.8 Å². The van der Waals surface area contributed by atoms with Crippen molar-refractivity contribution in [2.24, 2.45) is 10.2 Å². The van der Waals surface area contributed by atoms with Crippen LogP contribution in [0.5, 0.6) is 0 Å². The molecule has 0 aliphatic carbocycles. The Labute approximate surface area is 272 Å². The van der Waals surface area contributed by atoms with Crippen molar-refractivity contribution >= 4 is 59.4 Å². The number of carbonyl (C=O) groups is 4. The third-order valence-electron chi connectivity index (χ3n) is 5.78. The van der Waals surface area contributed by atoms with Crippen molar-refractivity contribution in [3.05, 3.63) is 119 Å². The molecule has 0 saturated carbocycles. The van der Waals surface area contributed by atoms with E-state index in [1.807, 2.05) is 0 Å². The monoisotopic (exact) mass is 662 g/mol. The predicted molar refractivity (Wildman–Crippen MR) is 171 cm³/mol. The zero-order chi connectivity index (χ0) is 33.1. The topological polar surface area (TPSA) is 162 Å². The number of nitrogens with zero attached hydrogens (tertiary/aromatic N) is 2. The molecule has 0 unspecified atom stereocenters. The molecular weight excluding hydrogens is 639 g/mol. The number of hydrogen-bond donors (Lipinski definition) is 2. The molecule has 0 radical (unpaired) electrons. The average molecular weight is 663 g/mol. The number of benzene rings is 2. The van der Waals surface area contributed by atoms with Crippen molar-refractivity contribution < 1.29 is 37.5 Å². The Kier molecular flexibility index (Phi) is 11.4. The summed E-state index contributed by atoms with van der Waals surface area (Å²) in [5.41, 5.74) is 5.51. The molecule has 14 heteroatoms. The van der Waals surface area contributed by atoms with Crippen LogP contribution in [0, 0.1) is 0 Å². The van der Waals surface area contributed by atoms with Crippen LogP contribution in [0.25, 0.3) is 22.6 Å². The van der Waals surface area contributed by atoms with Crippen LogP contribution in [0.2, 0.25) is 10.0 Å². The molecule has 0 aliphatic heterocycles. The summed E-state index contributed by atoms with van der Waals surface area (Å²) in [5.74, 6) is -2.16.